The first-order valence-corrected chi connectivity index (χ1v) is 11.0. The fraction of sp³-hybridized carbons (Fsp3) is 0.389. The maximum Gasteiger partial charge on any atom is 0.254 e. The molecule has 0 bridgehead atoms. The predicted octanol–water partition coefficient (Wildman–Crippen LogP) is 3.44. The summed E-state index contributed by atoms with van der Waals surface area (Å²) in [5.74, 6) is -0.0611. The van der Waals surface area contributed by atoms with Gasteiger partial charge >= 0.3 is 0 Å². The molecule has 1 aliphatic heterocycles. The van der Waals surface area contributed by atoms with E-state index < -0.39 is 9.84 Å². The molecule has 24 heavy (non-hydrogen) atoms. The first-order valence-electron chi connectivity index (χ1n) is 8.03. The molecule has 0 saturated carbocycles. The highest BCUT2D eigenvalue weighted by Crippen LogP contribution is 2.36. The van der Waals surface area contributed by atoms with Gasteiger partial charge in [0.05, 0.1) is 11.8 Å². The van der Waals surface area contributed by atoms with E-state index in [0.717, 1.165) is 12.8 Å². The molecule has 0 aliphatic carbocycles. The van der Waals surface area contributed by atoms with Gasteiger partial charge in [-0.05, 0) is 47.5 Å². The Labute approximate surface area is 147 Å². The Morgan fingerprint density at radius 3 is 2.83 bits per heavy atom. The number of hydrogen-bond acceptors (Lipinski definition) is 4. The van der Waals surface area contributed by atoms with Crippen LogP contribution in [0.25, 0.3) is 0 Å². The molecule has 0 N–H and O–H groups in total. The van der Waals surface area contributed by atoms with Gasteiger partial charge in [0.1, 0.15) is 0 Å². The van der Waals surface area contributed by atoms with E-state index in [1.54, 1.807) is 35.6 Å². The number of sulfone groups is 1. The van der Waals surface area contributed by atoms with Crippen LogP contribution in [0.2, 0.25) is 0 Å². The van der Waals surface area contributed by atoms with Crippen LogP contribution in [0.3, 0.4) is 0 Å². The van der Waals surface area contributed by atoms with Crippen LogP contribution in [-0.4, -0.2) is 32.0 Å². The molecule has 1 amide bonds. The van der Waals surface area contributed by atoms with Crippen molar-refractivity contribution >= 4 is 27.1 Å². The molecule has 0 spiro atoms. The average molecular weight is 364 g/mol. The van der Waals surface area contributed by atoms with Crippen LogP contribution in [0.15, 0.2) is 35.7 Å². The van der Waals surface area contributed by atoms with E-state index in [-0.39, 0.29) is 17.7 Å². The molecule has 1 aromatic carbocycles. The van der Waals surface area contributed by atoms with Crippen molar-refractivity contribution in [2.75, 3.05) is 12.8 Å². The van der Waals surface area contributed by atoms with Crippen molar-refractivity contribution in [1.82, 2.24) is 4.90 Å². The molecular weight excluding hydrogens is 342 g/mol. The van der Waals surface area contributed by atoms with Crippen molar-refractivity contribution in [2.45, 2.75) is 31.6 Å². The molecule has 1 aliphatic rings. The van der Waals surface area contributed by atoms with Crippen LogP contribution in [0.1, 0.15) is 45.7 Å². The van der Waals surface area contributed by atoms with Crippen LogP contribution >= 0.6 is 11.3 Å². The third-order valence-electron chi connectivity index (χ3n) is 4.35. The standard InChI is InChI=1S/C18H21NO3S2/c1-3-16-15-8-10-23-17(15)7-9-19(16)18(20)14-6-4-5-13(11-14)12-24(2,21)22/h4-6,8,10-11,16H,3,7,9,12H2,1-2H3/t16-/m1/s1. The van der Waals surface area contributed by atoms with Crippen molar-refractivity contribution in [1.29, 1.82) is 0 Å². The number of carbonyl (C=O) groups is 1. The van der Waals surface area contributed by atoms with Crippen molar-refractivity contribution in [3.8, 4) is 0 Å². The topological polar surface area (TPSA) is 54.5 Å². The summed E-state index contributed by atoms with van der Waals surface area (Å²) in [4.78, 5) is 16.3. The summed E-state index contributed by atoms with van der Waals surface area (Å²) in [6.45, 7) is 2.80. The summed E-state index contributed by atoms with van der Waals surface area (Å²) in [6.07, 6.45) is 2.97. The molecule has 0 unspecified atom stereocenters. The molecule has 6 heteroatoms. The largest absolute Gasteiger partial charge is 0.331 e. The number of amides is 1. The molecule has 1 atom stereocenters. The SMILES string of the molecule is CC[C@@H]1c2ccsc2CCN1C(=O)c1cccc(CS(C)(=O)=O)c1. The monoisotopic (exact) mass is 363 g/mol. The minimum Gasteiger partial charge on any atom is -0.331 e. The first kappa shape index (κ1) is 17.2. The van der Waals surface area contributed by atoms with E-state index in [4.69, 9.17) is 0 Å². The Bertz CT molecular complexity index is 855. The maximum atomic E-state index is 13.0. The van der Waals surface area contributed by atoms with Crippen molar-refractivity contribution < 1.29 is 13.2 Å². The van der Waals surface area contributed by atoms with Gasteiger partial charge in [0.25, 0.3) is 5.91 Å². The molecule has 2 heterocycles. The van der Waals surface area contributed by atoms with E-state index in [9.17, 15) is 13.2 Å². The highest BCUT2D eigenvalue weighted by molar-refractivity contribution is 7.89. The van der Waals surface area contributed by atoms with E-state index in [2.05, 4.69) is 18.4 Å². The number of rotatable bonds is 4. The smallest absolute Gasteiger partial charge is 0.254 e. The van der Waals surface area contributed by atoms with E-state index in [1.807, 2.05) is 4.90 Å². The molecule has 0 radical (unpaired) electrons. The third kappa shape index (κ3) is 3.54. The van der Waals surface area contributed by atoms with Gasteiger partial charge in [-0.15, -0.1) is 11.3 Å². The summed E-state index contributed by atoms with van der Waals surface area (Å²) < 4.78 is 23.0. The summed E-state index contributed by atoms with van der Waals surface area (Å²) in [7, 11) is -3.12. The molecule has 4 nitrogen and oxygen atoms in total. The number of hydrogen-bond donors (Lipinski definition) is 0. The highest BCUT2D eigenvalue weighted by Gasteiger charge is 2.30. The zero-order valence-corrected chi connectivity index (χ0v) is 15.5. The minimum atomic E-state index is -3.12. The Balaban J connectivity index is 1.88. The van der Waals surface area contributed by atoms with E-state index in [0.29, 0.717) is 17.7 Å². The van der Waals surface area contributed by atoms with Gasteiger partial charge in [0.2, 0.25) is 0 Å². The van der Waals surface area contributed by atoms with Gasteiger partial charge in [-0.1, -0.05) is 19.1 Å². The molecular formula is C18H21NO3S2. The number of benzene rings is 1. The van der Waals surface area contributed by atoms with Gasteiger partial charge in [-0.25, -0.2) is 8.42 Å². The second kappa shape index (κ2) is 6.69. The predicted molar refractivity (Wildman–Crippen MR) is 97.1 cm³/mol. The fourth-order valence-electron chi connectivity index (χ4n) is 3.34. The number of carbonyl (C=O) groups excluding carboxylic acids is 1. The lowest BCUT2D eigenvalue weighted by Gasteiger charge is -2.35. The normalized spacial score (nSPS) is 17.6. The lowest BCUT2D eigenvalue weighted by atomic mass is 9.96. The van der Waals surface area contributed by atoms with Crippen molar-refractivity contribution in [2.24, 2.45) is 0 Å². The molecule has 0 fully saturated rings. The van der Waals surface area contributed by atoms with Gasteiger partial charge in [0, 0.05) is 23.2 Å². The quantitative estimate of drug-likeness (QED) is 0.836. The maximum absolute atomic E-state index is 13.0. The van der Waals surface area contributed by atoms with Gasteiger partial charge in [-0.2, -0.15) is 0 Å². The van der Waals surface area contributed by atoms with Gasteiger partial charge in [-0.3, -0.25) is 4.79 Å². The fourth-order valence-corrected chi connectivity index (χ4v) is 5.06. The summed E-state index contributed by atoms with van der Waals surface area (Å²) in [6, 6.07) is 9.21. The lowest BCUT2D eigenvalue weighted by Crippen LogP contribution is -2.39. The second-order valence-electron chi connectivity index (χ2n) is 6.24. The Morgan fingerprint density at radius 2 is 2.12 bits per heavy atom. The molecule has 3 rings (SSSR count). The highest BCUT2D eigenvalue weighted by atomic mass is 32.2. The first-order chi connectivity index (χ1) is 11.4. The number of thiophene rings is 1. The molecule has 0 saturated heterocycles. The Morgan fingerprint density at radius 1 is 1.33 bits per heavy atom. The summed E-state index contributed by atoms with van der Waals surface area (Å²) >= 11 is 1.76. The summed E-state index contributed by atoms with van der Waals surface area (Å²) in [5.41, 5.74) is 2.48. The van der Waals surface area contributed by atoms with Crippen LogP contribution in [0.5, 0.6) is 0 Å². The van der Waals surface area contributed by atoms with Crippen molar-refractivity contribution in [3.05, 3.63) is 57.3 Å². The zero-order chi connectivity index (χ0) is 17.3. The Hall–Kier alpha value is -1.66. The van der Waals surface area contributed by atoms with Crippen LogP contribution < -0.4 is 0 Å². The number of nitrogens with zero attached hydrogens (tertiary/aromatic N) is 1. The second-order valence-corrected chi connectivity index (χ2v) is 9.38. The molecule has 128 valence electrons. The zero-order valence-electron chi connectivity index (χ0n) is 13.9. The average Bonchev–Trinajstić information content (AvgIpc) is 3.00. The van der Waals surface area contributed by atoms with Gasteiger partial charge < -0.3 is 4.90 Å². The lowest BCUT2D eigenvalue weighted by molar-refractivity contribution is 0.0657. The summed E-state index contributed by atoms with van der Waals surface area (Å²) in [5, 5.41) is 2.09. The van der Waals surface area contributed by atoms with Crippen LogP contribution in [0, 0.1) is 0 Å². The number of fused-ring (bicyclic) bond motifs is 1. The minimum absolute atomic E-state index is 0.0194. The van der Waals surface area contributed by atoms with Crippen molar-refractivity contribution in [3.63, 3.8) is 0 Å². The molecule has 1 aromatic heterocycles. The van der Waals surface area contributed by atoms with Gasteiger partial charge in [0.15, 0.2) is 9.84 Å². The van der Waals surface area contributed by atoms with E-state index in [1.165, 1.54) is 16.7 Å². The van der Waals surface area contributed by atoms with E-state index >= 15 is 0 Å². The Kier molecular flexibility index (Phi) is 4.78. The third-order valence-corrected chi connectivity index (χ3v) is 6.20. The molecule has 2 aromatic rings. The van der Waals surface area contributed by atoms with Crippen LogP contribution in [0.4, 0.5) is 0 Å². The van der Waals surface area contributed by atoms with Crippen LogP contribution in [-0.2, 0) is 22.0 Å².